The van der Waals surface area contributed by atoms with E-state index in [1.165, 1.54) is 19.2 Å². The molecule has 0 aliphatic rings. The van der Waals surface area contributed by atoms with Gasteiger partial charge in [0.15, 0.2) is 0 Å². The van der Waals surface area contributed by atoms with Crippen LogP contribution in [0.3, 0.4) is 0 Å². The molecule has 3 aromatic rings. The molecule has 3 rings (SSSR count). The van der Waals surface area contributed by atoms with E-state index in [-0.39, 0.29) is 17.2 Å². The van der Waals surface area contributed by atoms with Gasteiger partial charge in [0.05, 0.1) is 12.2 Å². The summed E-state index contributed by atoms with van der Waals surface area (Å²) in [7, 11) is 1.51. The van der Waals surface area contributed by atoms with Crippen molar-refractivity contribution in [1.29, 1.82) is 0 Å². The molecule has 2 heterocycles. The van der Waals surface area contributed by atoms with Gasteiger partial charge in [0, 0.05) is 23.6 Å². The molecule has 1 aromatic carbocycles. The first-order valence-corrected chi connectivity index (χ1v) is 8.20. The minimum absolute atomic E-state index is 0.211. The van der Waals surface area contributed by atoms with E-state index in [9.17, 15) is 9.59 Å². The largest absolute Gasteiger partial charge is 0.346 e. The maximum Gasteiger partial charge on any atom is 0.272 e. The van der Waals surface area contributed by atoms with Gasteiger partial charge in [0.1, 0.15) is 10.7 Å². The summed E-state index contributed by atoms with van der Waals surface area (Å²) in [5, 5.41) is 7.69. The predicted molar refractivity (Wildman–Crippen MR) is 92.9 cm³/mol. The molecular formula is C17H16N4O2S. The number of amides is 1. The van der Waals surface area contributed by atoms with E-state index >= 15 is 0 Å². The monoisotopic (exact) mass is 340 g/mol. The summed E-state index contributed by atoms with van der Waals surface area (Å²) < 4.78 is 1.14. The van der Waals surface area contributed by atoms with Crippen LogP contribution in [0.2, 0.25) is 0 Å². The van der Waals surface area contributed by atoms with E-state index in [0.717, 1.165) is 25.8 Å². The molecule has 1 amide bonds. The van der Waals surface area contributed by atoms with Gasteiger partial charge in [-0.15, -0.1) is 11.3 Å². The van der Waals surface area contributed by atoms with Crippen LogP contribution in [0, 0.1) is 6.92 Å². The zero-order valence-corrected chi connectivity index (χ0v) is 14.1. The second-order valence-electron chi connectivity index (χ2n) is 5.26. The number of nitrogens with one attached hydrogen (secondary N) is 1. The van der Waals surface area contributed by atoms with Crippen LogP contribution in [0.1, 0.15) is 21.1 Å². The molecule has 0 unspecified atom stereocenters. The van der Waals surface area contributed by atoms with E-state index in [4.69, 9.17) is 0 Å². The molecule has 0 saturated heterocycles. The second kappa shape index (κ2) is 6.76. The first kappa shape index (κ1) is 16.1. The number of hydrogen-bond donors (Lipinski definition) is 1. The lowest BCUT2D eigenvalue weighted by Gasteiger charge is -2.04. The van der Waals surface area contributed by atoms with Crippen LogP contribution in [0.25, 0.3) is 10.6 Å². The van der Waals surface area contributed by atoms with Gasteiger partial charge < -0.3 is 5.32 Å². The van der Waals surface area contributed by atoms with Crippen molar-refractivity contribution in [3.63, 3.8) is 0 Å². The van der Waals surface area contributed by atoms with Crippen LogP contribution < -0.4 is 10.9 Å². The van der Waals surface area contributed by atoms with Crippen molar-refractivity contribution in [2.24, 2.45) is 7.05 Å². The fraction of sp³-hybridized carbons (Fsp3) is 0.176. The highest BCUT2D eigenvalue weighted by Gasteiger charge is 2.12. The molecule has 7 heteroatoms. The minimum atomic E-state index is -0.320. The van der Waals surface area contributed by atoms with Crippen LogP contribution in [0.4, 0.5) is 0 Å². The lowest BCUT2D eigenvalue weighted by Crippen LogP contribution is -2.28. The van der Waals surface area contributed by atoms with E-state index in [1.807, 2.05) is 37.3 Å². The molecule has 0 spiro atoms. The van der Waals surface area contributed by atoms with E-state index in [1.54, 1.807) is 11.3 Å². The highest BCUT2D eigenvalue weighted by atomic mass is 32.1. The number of aryl methyl sites for hydroxylation is 2. The SMILES string of the molecule is Cc1nc(-c2ccccc2)sc1CNC(=O)c1ccc(=O)n(C)n1. The van der Waals surface area contributed by atoms with Gasteiger partial charge >= 0.3 is 0 Å². The molecule has 1 N–H and O–H groups in total. The summed E-state index contributed by atoms with van der Waals surface area (Å²) in [5.74, 6) is -0.320. The molecule has 0 fully saturated rings. The Labute approximate surface area is 142 Å². The summed E-state index contributed by atoms with van der Waals surface area (Å²) in [6, 6.07) is 12.7. The Balaban J connectivity index is 1.73. The highest BCUT2D eigenvalue weighted by molar-refractivity contribution is 7.15. The third-order valence-corrected chi connectivity index (χ3v) is 4.72. The molecule has 0 bridgehead atoms. The third kappa shape index (κ3) is 3.41. The van der Waals surface area contributed by atoms with Crippen LogP contribution in [-0.4, -0.2) is 20.7 Å². The van der Waals surface area contributed by atoms with Crippen molar-refractivity contribution in [3.8, 4) is 10.6 Å². The summed E-state index contributed by atoms with van der Waals surface area (Å²) in [4.78, 5) is 29.0. The van der Waals surface area contributed by atoms with Gasteiger partial charge in [-0.2, -0.15) is 5.10 Å². The molecule has 0 saturated carbocycles. The zero-order valence-electron chi connectivity index (χ0n) is 13.3. The first-order valence-electron chi connectivity index (χ1n) is 7.39. The summed E-state index contributed by atoms with van der Waals surface area (Å²) >= 11 is 1.55. The van der Waals surface area contributed by atoms with Crippen LogP contribution in [0.5, 0.6) is 0 Å². The van der Waals surface area contributed by atoms with E-state index < -0.39 is 0 Å². The van der Waals surface area contributed by atoms with Crippen LogP contribution in [-0.2, 0) is 13.6 Å². The van der Waals surface area contributed by atoms with Gasteiger partial charge in [-0.25, -0.2) is 9.67 Å². The van der Waals surface area contributed by atoms with Gasteiger partial charge in [0.25, 0.3) is 11.5 Å². The van der Waals surface area contributed by atoms with Crippen molar-refractivity contribution in [3.05, 3.63) is 69.1 Å². The molecular weight excluding hydrogens is 324 g/mol. The lowest BCUT2D eigenvalue weighted by molar-refractivity contribution is 0.0944. The average molecular weight is 340 g/mol. The zero-order chi connectivity index (χ0) is 17.1. The summed E-state index contributed by atoms with van der Waals surface area (Å²) in [5.41, 5.74) is 1.91. The number of hydrogen-bond acceptors (Lipinski definition) is 5. The number of rotatable bonds is 4. The molecule has 0 aliphatic heterocycles. The fourth-order valence-corrected chi connectivity index (χ4v) is 3.18. The Bertz CT molecular complexity index is 931. The molecule has 0 radical (unpaired) electrons. The Kier molecular flexibility index (Phi) is 4.52. The molecule has 0 aliphatic carbocycles. The van der Waals surface area contributed by atoms with E-state index in [2.05, 4.69) is 15.4 Å². The first-order chi connectivity index (χ1) is 11.5. The van der Waals surface area contributed by atoms with Crippen molar-refractivity contribution in [2.75, 3.05) is 0 Å². The normalized spacial score (nSPS) is 10.6. The lowest BCUT2D eigenvalue weighted by atomic mass is 10.2. The van der Waals surface area contributed by atoms with Crippen LogP contribution in [0.15, 0.2) is 47.3 Å². The number of benzene rings is 1. The fourth-order valence-electron chi connectivity index (χ4n) is 2.17. The predicted octanol–water partition coefficient (Wildman–Crippen LogP) is 2.14. The number of thiazole rings is 1. The number of carbonyl (C=O) groups excluding carboxylic acids is 1. The minimum Gasteiger partial charge on any atom is -0.346 e. The van der Waals surface area contributed by atoms with Crippen molar-refractivity contribution < 1.29 is 4.79 Å². The summed E-state index contributed by atoms with van der Waals surface area (Å²) in [6.45, 7) is 2.30. The summed E-state index contributed by atoms with van der Waals surface area (Å²) in [6.07, 6.45) is 0. The number of nitrogens with zero attached hydrogens (tertiary/aromatic N) is 3. The van der Waals surface area contributed by atoms with Gasteiger partial charge in [-0.3, -0.25) is 9.59 Å². The van der Waals surface area contributed by atoms with E-state index in [0.29, 0.717) is 6.54 Å². The number of carbonyl (C=O) groups is 1. The molecule has 6 nitrogen and oxygen atoms in total. The van der Waals surface area contributed by atoms with Gasteiger partial charge in [-0.05, 0) is 13.0 Å². The Morgan fingerprint density at radius 3 is 2.67 bits per heavy atom. The maximum absolute atomic E-state index is 12.2. The molecule has 0 atom stereocenters. The van der Waals surface area contributed by atoms with Crippen LogP contribution >= 0.6 is 11.3 Å². The van der Waals surface area contributed by atoms with Crippen molar-refractivity contribution in [2.45, 2.75) is 13.5 Å². The number of aromatic nitrogens is 3. The topological polar surface area (TPSA) is 76.9 Å². The Morgan fingerprint density at radius 1 is 1.21 bits per heavy atom. The van der Waals surface area contributed by atoms with Gasteiger partial charge in [-0.1, -0.05) is 30.3 Å². The second-order valence-corrected chi connectivity index (χ2v) is 6.34. The molecule has 24 heavy (non-hydrogen) atoms. The molecule has 2 aromatic heterocycles. The standard InChI is InChI=1S/C17H16N4O2S/c1-11-14(24-17(19-11)12-6-4-3-5-7-12)10-18-16(23)13-8-9-15(22)21(2)20-13/h3-9H,10H2,1-2H3,(H,18,23). The average Bonchev–Trinajstić information content (AvgIpc) is 2.97. The van der Waals surface area contributed by atoms with Crippen molar-refractivity contribution in [1.82, 2.24) is 20.1 Å². The smallest absolute Gasteiger partial charge is 0.272 e. The quantitative estimate of drug-likeness (QED) is 0.789. The highest BCUT2D eigenvalue weighted by Crippen LogP contribution is 2.27. The molecule has 122 valence electrons. The third-order valence-electron chi connectivity index (χ3n) is 3.52. The maximum atomic E-state index is 12.2. The Hall–Kier alpha value is -2.80. The Morgan fingerprint density at radius 2 is 1.96 bits per heavy atom. The van der Waals surface area contributed by atoms with Gasteiger partial charge in [0.2, 0.25) is 0 Å². The van der Waals surface area contributed by atoms with Crippen molar-refractivity contribution >= 4 is 17.2 Å².